The van der Waals surface area contributed by atoms with E-state index in [1.165, 1.54) is 4.90 Å². The number of hydrogen-bond donors (Lipinski definition) is 0. The summed E-state index contributed by atoms with van der Waals surface area (Å²) in [6.45, 7) is 5.85. The van der Waals surface area contributed by atoms with E-state index < -0.39 is 0 Å². The molecule has 1 fully saturated rings. The summed E-state index contributed by atoms with van der Waals surface area (Å²) < 4.78 is 0. The summed E-state index contributed by atoms with van der Waals surface area (Å²) in [5, 5.41) is 8.99. The number of anilines is 1. The number of benzene rings is 1. The molecular formula is C23H28N4OS. The highest BCUT2D eigenvalue weighted by Crippen LogP contribution is 2.29. The molecule has 2 heterocycles. The fourth-order valence-electron chi connectivity index (χ4n) is 3.90. The Morgan fingerprint density at radius 2 is 2.00 bits per heavy atom. The van der Waals surface area contributed by atoms with E-state index in [1.54, 1.807) is 24.2 Å². The van der Waals surface area contributed by atoms with Crippen LogP contribution in [0.2, 0.25) is 0 Å². The topological polar surface area (TPSA) is 60.2 Å². The van der Waals surface area contributed by atoms with Gasteiger partial charge >= 0.3 is 0 Å². The smallest absolute Gasteiger partial charge is 0.260 e. The van der Waals surface area contributed by atoms with Gasteiger partial charge in [0.25, 0.3) is 5.91 Å². The van der Waals surface area contributed by atoms with Gasteiger partial charge in [-0.05, 0) is 68.8 Å². The molecule has 3 rings (SSSR count). The number of amides is 1. The van der Waals surface area contributed by atoms with Gasteiger partial charge in [0.15, 0.2) is 0 Å². The number of aryl methyl sites for hydroxylation is 1. The Morgan fingerprint density at radius 3 is 2.59 bits per heavy atom. The van der Waals surface area contributed by atoms with Crippen LogP contribution in [0.15, 0.2) is 47.6 Å². The second-order valence-electron chi connectivity index (χ2n) is 7.54. The lowest BCUT2D eigenvalue weighted by molar-refractivity contribution is 0.0950. The molecule has 2 aromatic rings. The minimum absolute atomic E-state index is 0.0102. The first-order valence-electron chi connectivity index (χ1n) is 10.0. The maximum atomic E-state index is 13.6. The zero-order chi connectivity index (χ0) is 20.8. The summed E-state index contributed by atoms with van der Waals surface area (Å²) in [6, 6.07) is 12.8. The molecule has 1 aliphatic heterocycles. The summed E-state index contributed by atoms with van der Waals surface area (Å²) in [6.07, 6.45) is 7.77. The summed E-state index contributed by atoms with van der Waals surface area (Å²) in [5.41, 5.74) is 2.53. The lowest BCUT2D eigenvalue weighted by atomic mass is 9.98. The average Bonchev–Trinajstić information content (AvgIpc) is 2.75. The van der Waals surface area contributed by atoms with Gasteiger partial charge in [-0.2, -0.15) is 5.26 Å². The third-order valence-electron chi connectivity index (χ3n) is 5.71. The minimum Gasteiger partial charge on any atom is -0.305 e. The molecule has 0 bridgehead atoms. The normalized spacial score (nSPS) is 16.2. The van der Waals surface area contributed by atoms with Gasteiger partial charge in [0.05, 0.1) is 18.1 Å². The predicted octanol–water partition coefficient (Wildman–Crippen LogP) is 4.53. The Kier molecular flexibility index (Phi) is 7.29. The number of nitrogens with zero attached hydrogens (tertiary/aromatic N) is 4. The highest BCUT2D eigenvalue weighted by Gasteiger charge is 2.31. The van der Waals surface area contributed by atoms with Crippen molar-refractivity contribution in [1.29, 1.82) is 5.26 Å². The van der Waals surface area contributed by atoms with Crippen molar-refractivity contribution in [3.05, 3.63) is 53.9 Å². The maximum Gasteiger partial charge on any atom is 0.260 e. The highest BCUT2D eigenvalue weighted by molar-refractivity contribution is 7.98. The molecule has 0 spiro atoms. The van der Waals surface area contributed by atoms with Crippen LogP contribution in [0.3, 0.4) is 0 Å². The molecule has 0 aliphatic carbocycles. The van der Waals surface area contributed by atoms with Crippen LogP contribution >= 0.6 is 11.8 Å². The van der Waals surface area contributed by atoms with E-state index in [0.29, 0.717) is 12.0 Å². The molecular weight excluding hydrogens is 380 g/mol. The molecule has 29 heavy (non-hydrogen) atoms. The first-order valence-corrected chi connectivity index (χ1v) is 11.3. The first kappa shape index (κ1) is 21.4. The monoisotopic (exact) mass is 408 g/mol. The number of pyridine rings is 1. The Morgan fingerprint density at radius 1 is 1.31 bits per heavy atom. The average molecular weight is 409 g/mol. The number of thioether (sulfide) groups is 1. The van der Waals surface area contributed by atoms with Crippen LogP contribution in [0.5, 0.6) is 0 Å². The Balaban J connectivity index is 1.86. The molecule has 1 aromatic heterocycles. The van der Waals surface area contributed by atoms with Crippen molar-refractivity contribution >= 4 is 23.4 Å². The minimum atomic E-state index is 0.0102. The zero-order valence-electron chi connectivity index (χ0n) is 17.3. The Hall–Kier alpha value is -2.36. The van der Waals surface area contributed by atoms with Crippen LogP contribution in [0.1, 0.15) is 42.1 Å². The van der Waals surface area contributed by atoms with E-state index >= 15 is 0 Å². The van der Waals surface area contributed by atoms with Gasteiger partial charge in [0.1, 0.15) is 0 Å². The molecule has 1 atom stereocenters. The zero-order valence-corrected chi connectivity index (χ0v) is 18.2. The molecule has 0 saturated carbocycles. The van der Waals surface area contributed by atoms with Gasteiger partial charge < -0.3 is 4.90 Å². The van der Waals surface area contributed by atoms with E-state index in [1.807, 2.05) is 30.0 Å². The number of hydrogen-bond acceptors (Lipinski definition) is 5. The number of piperidine rings is 1. The van der Waals surface area contributed by atoms with Gasteiger partial charge in [-0.1, -0.05) is 0 Å². The van der Waals surface area contributed by atoms with Crippen LogP contribution in [0.25, 0.3) is 0 Å². The van der Waals surface area contributed by atoms with E-state index in [-0.39, 0.29) is 18.0 Å². The number of carbonyl (C=O) groups excluding carboxylic acids is 1. The van der Waals surface area contributed by atoms with Crippen molar-refractivity contribution in [3.63, 3.8) is 0 Å². The summed E-state index contributed by atoms with van der Waals surface area (Å²) in [4.78, 5) is 23.2. The number of likely N-dealkylation sites (tertiary alicyclic amines) is 1. The van der Waals surface area contributed by atoms with Crippen LogP contribution in [0.4, 0.5) is 5.69 Å². The summed E-state index contributed by atoms with van der Waals surface area (Å²) in [5.74, 6) is 0.0102. The molecule has 0 unspecified atom stereocenters. The third-order valence-corrected chi connectivity index (χ3v) is 6.46. The van der Waals surface area contributed by atoms with Crippen LogP contribution in [-0.2, 0) is 0 Å². The third kappa shape index (κ3) is 4.98. The van der Waals surface area contributed by atoms with Crippen molar-refractivity contribution in [1.82, 2.24) is 9.88 Å². The molecule has 1 saturated heterocycles. The van der Waals surface area contributed by atoms with Crippen LogP contribution in [0, 0.1) is 18.3 Å². The second kappa shape index (κ2) is 9.91. The van der Waals surface area contributed by atoms with Crippen molar-refractivity contribution < 1.29 is 4.79 Å². The van der Waals surface area contributed by atoms with Gasteiger partial charge in [-0.3, -0.25) is 14.7 Å². The summed E-state index contributed by atoms with van der Waals surface area (Å²) in [7, 11) is 0. The predicted molar refractivity (Wildman–Crippen MR) is 118 cm³/mol. The Bertz CT molecular complexity index is 869. The first-order chi connectivity index (χ1) is 14.0. The molecule has 5 nitrogen and oxygen atoms in total. The Labute approximate surface area is 177 Å². The molecule has 152 valence electrons. The molecule has 1 amide bonds. The summed E-state index contributed by atoms with van der Waals surface area (Å²) >= 11 is 1.69. The van der Waals surface area contributed by atoms with E-state index in [0.717, 1.165) is 37.2 Å². The van der Waals surface area contributed by atoms with Gasteiger partial charge in [-0.15, -0.1) is 11.8 Å². The van der Waals surface area contributed by atoms with Crippen LogP contribution < -0.4 is 4.90 Å². The van der Waals surface area contributed by atoms with E-state index in [9.17, 15) is 4.79 Å². The molecule has 0 N–H and O–H groups in total. The highest BCUT2D eigenvalue weighted by atomic mass is 32.2. The fourth-order valence-corrected chi connectivity index (χ4v) is 4.31. The van der Waals surface area contributed by atoms with E-state index in [4.69, 9.17) is 5.26 Å². The van der Waals surface area contributed by atoms with E-state index in [2.05, 4.69) is 41.3 Å². The number of carbonyl (C=O) groups is 1. The molecule has 1 aliphatic rings. The number of nitriles is 1. The number of rotatable bonds is 6. The SMILES string of the molecule is CSc1ccc(N(C(=O)c2cnccc2C)C2CCN([C@H](C)CC#N)CC2)cc1. The van der Waals surface area contributed by atoms with Crippen LogP contribution in [-0.4, -0.2) is 47.2 Å². The van der Waals surface area contributed by atoms with Crippen molar-refractivity contribution in [2.24, 2.45) is 0 Å². The fraction of sp³-hybridized carbons (Fsp3) is 0.435. The largest absolute Gasteiger partial charge is 0.305 e. The van der Waals surface area contributed by atoms with Crippen molar-refractivity contribution in [3.8, 4) is 6.07 Å². The number of aromatic nitrogens is 1. The van der Waals surface area contributed by atoms with Crippen molar-refractivity contribution in [2.45, 2.75) is 50.1 Å². The molecule has 6 heteroatoms. The lowest BCUT2D eigenvalue weighted by Crippen LogP contribution is -2.49. The van der Waals surface area contributed by atoms with Crippen molar-refractivity contribution in [2.75, 3.05) is 24.2 Å². The molecule has 1 aromatic carbocycles. The van der Waals surface area contributed by atoms with Gasteiger partial charge in [-0.25, -0.2) is 0 Å². The van der Waals surface area contributed by atoms with Gasteiger partial charge in [0.2, 0.25) is 0 Å². The second-order valence-corrected chi connectivity index (χ2v) is 8.42. The standard InChI is InChI=1S/C23H28N4OS/c1-17-9-13-25-16-22(17)23(28)27(19-4-6-21(29-3)7-5-19)20-10-14-26(15-11-20)18(2)8-12-24/h4-7,9,13,16,18,20H,8,10-11,14-15H2,1-3H3/t18-/m1/s1. The quantitative estimate of drug-likeness (QED) is 0.658. The maximum absolute atomic E-state index is 13.6. The lowest BCUT2D eigenvalue weighted by Gasteiger charge is -2.40. The van der Waals surface area contributed by atoms with Gasteiger partial charge in [0, 0.05) is 48.1 Å². The molecule has 0 radical (unpaired) electrons.